The second-order valence-electron chi connectivity index (χ2n) is 4.39. The zero-order valence-corrected chi connectivity index (χ0v) is 11.8. The summed E-state index contributed by atoms with van der Waals surface area (Å²) in [6, 6.07) is 6.97. The monoisotopic (exact) mass is 270 g/mol. The van der Waals surface area contributed by atoms with Crippen molar-refractivity contribution in [3.05, 3.63) is 24.3 Å². The first-order valence-electron chi connectivity index (χ1n) is 6.32. The Labute approximate surface area is 110 Å². The van der Waals surface area contributed by atoms with Crippen LogP contribution in [0.3, 0.4) is 0 Å². The molecule has 0 radical (unpaired) electrons. The first-order chi connectivity index (χ1) is 8.49. The molecule has 0 saturated carbocycles. The SMILES string of the molecule is CCCS(=O)(=O)c1ccc(NCC(N)CC)cc1. The third-order valence-electron chi connectivity index (χ3n) is 2.78. The van der Waals surface area contributed by atoms with E-state index in [1.165, 1.54) is 0 Å². The van der Waals surface area contributed by atoms with E-state index in [1.54, 1.807) is 24.3 Å². The smallest absolute Gasteiger partial charge is 0.178 e. The van der Waals surface area contributed by atoms with E-state index >= 15 is 0 Å². The lowest BCUT2D eigenvalue weighted by molar-refractivity contribution is 0.594. The standard InChI is InChI=1S/C13H22N2O2S/c1-3-9-18(16,17)13-7-5-12(6-8-13)15-10-11(14)4-2/h5-8,11,15H,3-4,9-10,14H2,1-2H3. The van der Waals surface area contributed by atoms with Gasteiger partial charge in [0.25, 0.3) is 0 Å². The van der Waals surface area contributed by atoms with Gasteiger partial charge >= 0.3 is 0 Å². The molecule has 0 bridgehead atoms. The zero-order valence-electron chi connectivity index (χ0n) is 11.0. The molecule has 1 atom stereocenters. The molecular formula is C13H22N2O2S. The number of sulfone groups is 1. The van der Waals surface area contributed by atoms with E-state index < -0.39 is 9.84 Å². The summed E-state index contributed by atoms with van der Waals surface area (Å²) in [6.45, 7) is 4.59. The fourth-order valence-corrected chi connectivity index (χ4v) is 2.88. The van der Waals surface area contributed by atoms with Gasteiger partial charge in [-0.25, -0.2) is 8.42 Å². The van der Waals surface area contributed by atoms with Gasteiger partial charge in [0.1, 0.15) is 0 Å². The Hall–Kier alpha value is -1.07. The third kappa shape index (κ3) is 4.31. The minimum Gasteiger partial charge on any atom is -0.383 e. The zero-order chi connectivity index (χ0) is 13.6. The fraction of sp³-hybridized carbons (Fsp3) is 0.538. The predicted octanol–water partition coefficient (Wildman–Crippen LogP) is 2.02. The van der Waals surface area contributed by atoms with Crippen LogP contribution < -0.4 is 11.1 Å². The number of benzene rings is 1. The average Bonchev–Trinajstić information content (AvgIpc) is 2.36. The van der Waals surface area contributed by atoms with Crippen LogP contribution in [0.25, 0.3) is 0 Å². The maximum absolute atomic E-state index is 11.8. The number of rotatable bonds is 7. The second-order valence-corrected chi connectivity index (χ2v) is 6.50. The molecule has 1 aromatic carbocycles. The van der Waals surface area contributed by atoms with Crippen molar-refractivity contribution in [1.29, 1.82) is 0 Å². The number of hydrogen-bond donors (Lipinski definition) is 2. The van der Waals surface area contributed by atoms with Crippen LogP contribution in [-0.2, 0) is 9.84 Å². The first kappa shape index (κ1) is 15.0. The molecule has 1 rings (SSSR count). The van der Waals surface area contributed by atoms with Crippen LogP contribution in [-0.4, -0.2) is 26.8 Å². The molecule has 18 heavy (non-hydrogen) atoms. The number of nitrogens with one attached hydrogen (secondary N) is 1. The molecule has 0 aromatic heterocycles. The highest BCUT2D eigenvalue weighted by Gasteiger charge is 2.12. The molecule has 0 aliphatic carbocycles. The van der Waals surface area contributed by atoms with Crippen molar-refractivity contribution in [1.82, 2.24) is 0 Å². The molecule has 0 amide bonds. The van der Waals surface area contributed by atoms with E-state index in [0.717, 1.165) is 12.1 Å². The highest BCUT2D eigenvalue weighted by atomic mass is 32.2. The van der Waals surface area contributed by atoms with Crippen LogP contribution in [0, 0.1) is 0 Å². The summed E-state index contributed by atoms with van der Waals surface area (Å²) in [5.74, 6) is 0.195. The molecule has 102 valence electrons. The van der Waals surface area contributed by atoms with Crippen molar-refractivity contribution in [2.24, 2.45) is 5.73 Å². The highest BCUT2D eigenvalue weighted by Crippen LogP contribution is 2.16. The molecule has 1 aromatic rings. The molecule has 1 unspecified atom stereocenters. The van der Waals surface area contributed by atoms with Gasteiger partial charge in [-0.15, -0.1) is 0 Å². The number of nitrogens with two attached hydrogens (primary N) is 1. The molecule has 3 N–H and O–H groups in total. The van der Waals surface area contributed by atoms with E-state index in [-0.39, 0.29) is 11.8 Å². The average molecular weight is 270 g/mol. The van der Waals surface area contributed by atoms with Crippen molar-refractivity contribution in [3.63, 3.8) is 0 Å². The lowest BCUT2D eigenvalue weighted by atomic mass is 10.2. The van der Waals surface area contributed by atoms with E-state index in [0.29, 0.717) is 17.9 Å². The maximum Gasteiger partial charge on any atom is 0.178 e. The Morgan fingerprint density at radius 2 is 1.83 bits per heavy atom. The van der Waals surface area contributed by atoms with Gasteiger partial charge in [-0.1, -0.05) is 13.8 Å². The highest BCUT2D eigenvalue weighted by molar-refractivity contribution is 7.91. The Balaban J connectivity index is 2.68. The summed E-state index contributed by atoms with van der Waals surface area (Å²) in [7, 11) is -3.12. The quantitative estimate of drug-likeness (QED) is 0.795. The second kappa shape index (κ2) is 6.75. The van der Waals surface area contributed by atoms with Gasteiger partial charge < -0.3 is 11.1 Å². The lowest BCUT2D eigenvalue weighted by Crippen LogP contribution is -2.27. The van der Waals surface area contributed by atoms with Crippen LogP contribution in [0.4, 0.5) is 5.69 Å². The minimum atomic E-state index is -3.12. The Kier molecular flexibility index (Phi) is 5.62. The molecule has 0 fully saturated rings. The summed E-state index contributed by atoms with van der Waals surface area (Å²) in [6.07, 6.45) is 1.55. The summed E-state index contributed by atoms with van der Waals surface area (Å²) in [5.41, 5.74) is 6.70. The maximum atomic E-state index is 11.8. The number of anilines is 1. The van der Waals surface area contributed by atoms with E-state index in [1.807, 2.05) is 13.8 Å². The van der Waals surface area contributed by atoms with Crippen molar-refractivity contribution >= 4 is 15.5 Å². The van der Waals surface area contributed by atoms with E-state index in [2.05, 4.69) is 5.32 Å². The Morgan fingerprint density at radius 1 is 1.22 bits per heavy atom. The molecule has 0 aliphatic rings. The summed E-state index contributed by atoms with van der Waals surface area (Å²) >= 11 is 0. The van der Waals surface area contributed by atoms with Crippen LogP contribution >= 0.6 is 0 Å². The van der Waals surface area contributed by atoms with Gasteiger partial charge in [0.05, 0.1) is 10.6 Å². The van der Waals surface area contributed by atoms with Gasteiger partial charge in [0, 0.05) is 18.3 Å². The van der Waals surface area contributed by atoms with Crippen molar-refractivity contribution in [2.45, 2.75) is 37.6 Å². The molecule has 4 nitrogen and oxygen atoms in total. The summed E-state index contributed by atoms with van der Waals surface area (Å²) in [4.78, 5) is 0.384. The first-order valence-corrected chi connectivity index (χ1v) is 7.97. The molecule has 5 heteroatoms. The van der Waals surface area contributed by atoms with Crippen LogP contribution in [0.2, 0.25) is 0 Å². The molecule has 0 heterocycles. The Bertz CT molecular complexity index is 454. The van der Waals surface area contributed by atoms with Crippen LogP contribution in [0.15, 0.2) is 29.2 Å². The molecule has 0 spiro atoms. The largest absolute Gasteiger partial charge is 0.383 e. The van der Waals surface area contributed by atoms with Gasteiger partial charge in [0.15, 0.2) is 9.84 Å². The van der Waals surface area contributed by atoms with E-state index in [4.69, 9.17) is 5.73 Å². The van der Waals surface area contributed by atoms with Crippen molar-refractivity contribution in [2.75, 3.05) is 17.6 Å². The van der Waals surface area contributed by atoms with Crippen LogP contribution in [0.5, 0.6) is 0 Å². The summed E-state index contributed by atoms with van der Waals surface area (Å²) in [5, 5.41) is 3.19. The normalized spacial score (nSPS) is 13.3. The predicted molar refractivity (Wildman–Crippen MR) is 75.5 cm³/mol. The van der Waals surface area contributed by atoms with E-state index in [9.17, 15) is 8.42 Å². The van der Waals surface area contributed by atoms with Gasteiger partial charge in [-0.2, -0.15) is 0 Å². The minimum absolute atomic E-state index is 0.119. The lowest BCUT2D eigenvalue weighted by Gasteiger charge is -2.12. The topological polar surface area (TPSA) is 72.2 Å². The summed E-state index contributed by atoms with van der Waals surface area (Å²) < 4.78 is 23.6. The van der Waals surface area contributed by atoms with Gasteiger partial charge in [-0.05, 0) is 37.1 Å². The molecular weight excluding hydrogens is 248 g/mol. The fourth-order valence-electron chi connectivity index (χ4n) is 1.56. The number of hydrogen-bond acceptors (Lipinski definition) is 4. The third-order valence-corrected chi connectivity index (χ3v) is 4.72. The van der Waals surface area contributed by atoms with Crippen molar-refractivity contribution < 1.29 is 8.42 Å². The Morgan fingerprint density at radius 3 is 2.33 bits per heavy atom. The molecule has 0 aliphatic heterocycles. The van der Waals surface area contributed by atoms with Gasteiger partial charge in [0.2, 0.25) is 0 Å². The molecule has 0 saturated heterocycles. The van der Waals surface area contributed by atoms with Gasteiger partial charge in [-0.3, -0.25) is 0 Å². The van der Waals surface area contributed by atoms with Crippen LogP contribution in [0.1, 0.15) is 26.7 Å². The van der Waals surface area contributed by atoms with Crippen molar-refractivity contribution in [3.8, 4) is 0 Å².